The van der Waals surface area contributed by atoms with Gasteiger partial charge in [0.15, 0.2) is 0 Å². The van der Waals surface area contributed by atoms with Gasteiger partial charge in [-0.3, -0.25) is 19.3 Å². The van der Waals surface area contributed by atoms with Crippen molar-refractivity contribution in [3.05, 3.63) is 150 Å². The van der Waals surface area contributed by atoms with Crippen LogP contribution in [0.1, 0.15) is 15.9 Å². The molecule has 0 atom stereocenters. The second-order valence-electron chi connectivity index (χ2n) is 10.2. The molecule has 0 bridgehead atoms. The quantitative estimate of drug-likeness (QED) is 0.108. The Morgan fingerprint density at radius 3 is 1.89 bits per heavy atom. The highest BCUT2D eigenvalue weighted by atomic mass is 32.2. The SMILES string of the molecule is COc1ccc(OC)c(/C=C(\NC(=O)c2ccccc2)C(=O)Nc2ccc(SCC(=O)N(c3ccccc3)c3ccccc3)cc2)c1. The summed E-state index contributed by atoms with van der Waals surface area (Å²) in [6.07, 6.45) is 1.54. The van der Waals surface area contributed by atoms with Crippen LogP contribution in [0.15, 0.2) is 144 Å². The van der Waals surface area contributed by atoms with E-state index in [-0.39, 0.29) is 17.4 Å². The van der Waals surface area contributed by atoms with Gasteiger partial charge in [-0.25, -0.2) is 0 Å². The van der Waals surface area contributed by atoms with E-state index in [0.717, 1.165) is 16.3 Å². The van der Waals surface area contributed by atoms with Crippen molar-refractivity contribution >= 4 is 52.6 Å². The summed E-state index contributed by atoms with van der Waals surface area (Å²) in [5.41, 5.74) is 3.05. The zero-order chi connectivity index (χ0) is 33.0. The molecule has 0 saturated carbocycles. The molecule has 47 heavy (non-hydrogen) atoms. The number of carbonyl (C=O) groups excluding carboxylic acids is 3. The minimum absolute atomic E-state index is 0.0105. The largest absolute Gasteiger partial charge is 0.497 e. The standard InChI is InChI=1S/C38H33N3O5S/c1-45-32-20-23-35(46-2)28(24-32)25-34(40-37(43)27-12-6-3-7-13-27)38(44)39-29-18-21-33(22-19-29)47-26-36(42)41(30-14-8-4-9-15-30)31-16-10-5-11-17-31/h3-25H,26H2,1-2H3,(H,39,44)(H,40,43)/b34-25-. The minimum atomic E-state index is -0.531. The first kappa shape index (κ1) is 32.6. The lowest BCUT2D eigenvalue weighted by molar-refractivity contribution is -0.115. The molecule has 0 heterocycles. The number of hydrogen-bond acceptors (Lipinski definition) is 6. The van der Waals surface area contributed by atoms with E-state index in [4.69, 9.17) is 9.47 Å². The number of methoxy groups -OCH3 is 2. The summed E-state index contributed by atoms with van der Waals surface area (Å²) >= 11 is 1.40. The Labute approximate surface area is 278 Å². The van der Waals surface area contributed by atoms with Crippen molar-refractivity contribution in [1.82, 2.24) is 5.32 Å². The third kappa shape index (κ3) is 8.68. The second-order valence-corrected chi connectivity index (χ2v) is 11.2. The van der Waals surface area contributed by atoms with Gasteiger partial charge in [0.2, 0.25) is 5.91 Å². The fourth-order valence-corrected chi connectivity index (χ4v) is 5.43. The number of carbonyl (C=O) groups is 3. The first-order valence-corrected chi connectivity index (χ1v) is 15.7. The van der Waals surface area contributed by atoms with Crippen LogP contribution in [0.4, 0.5) is 17.1 Å². The van der Waals surface area contributed by atoms with Crippen LogP contribution < -0.4 is 25.0 Å². The van der Waals surface area contributed by atoms with Gasteiger partial charge >= 0.3 is 0 Å². The maximum atomic E-state index is 13.6. The molecule has 0 unspecified atom stereocenters. The number of para-hydroxylation sites is 2. The number of nitrogens with zero attached hydrogens (tertiary/aromatic N) is 1. The highest BCUT2D eigenvalue weighted by molar-refractivity contribution is 8.00. The number of nitrogens with one attached hydrogen (secondary N) is 2. The number of hydrogen-bond donors (Lipinski definition) is 2. The highest BCUT2D eigenvalue weighted by Crippen LogP contribution is 2.29. The van der Waals surface area contributed by atoms with Gasteiger partial charge in [-0.15, -0.1) is 11.8 Å². The van der Waals surface area contributed by atoms with Gasteiger partial charge in [0.1, 0.15) is 17.2 Å². The van der Waals surface area contributed by atoms with E-state index in [0.29, 0.717) is 28.3 Å². The molecule has 8 nitrogen and oxygen atoms in total. The Bertz CT molecular complexity index is 1810. The van der Waals surface area contributed by atoms with Gasteiger partial charge in [-0.1, -0.05) is 54.6 Å². The van der Waals surface area contributed by atoms with Crippen molar-refractivity contribution in [1.29, 1.82) is 0 Å². The molecule has 0 aliphatic carbocycles. The molecule has 236 valence electrons. The van der Waals surface area contributed by atoms with E-state index >= 15 is 0 Å². The lowest BCUT2D eigenvalue weighted by atomic mass is 10.1. The maximum Gasteiger partial charge on any atom is 0.272 e. The number of benzene rings is 5. The van der Waals surface area contributed by atoms with Gasteiger partial charge in [-0.2, -0.15) is 0 Å². The van der Waals surface area contributed by atoms with E-state index in [1.807, 2.05) is 78.9 Å². The normalized spacial score (nSPS) is 10.9. The van der Waals surface area contributed by atoms with Crippen molar-refractivity contribution in [2.75, 3.05) is 30.2 Å². The van der Waals surface area contributed by atoms with Crippen LogP contribution in [-0.2, 0) is 9.59 Å². The van der Waals surface area contributed by atoms with Crippen LogP contribution in [0.25, 0.3) is 6.08 Å². The summed E-state index contributed by atoms with van der Waals surface area (Å²) in [5.74, 6) is 0.228. The zero-order valence-corrected chi connectivity index (χ0v) is 26.7. The number of anilines is 3. The van der Waals surface area contributed by atoms with Gasteiger partial charge in [-0.05, 0) is 84.9 Å². The number of rotatable bonds is 12. The lowest BCUT2D eigenvalue weighted by Gasteiger charge is -2.23. The topological polar surface area (TPSA) is 97.0 Å². The molecule has 0 radical (unpaired) electrons. The molecule has 0 saturated heterocycles. The van der Waals surface area contributed by atoms with E-state index in [1.165, 1.54) is 18.9 Å². The fourth-order valence-electron chi connectivity index (χ4n) is 4.68. The maximum absolute atomic E-state index is 13.6. The molecule has 0 spiro atoms. The minimum Gasteiger partial charge on any atom is -0.497 e. The number of ether oxygens (including phenoxy) is 2. The molecular weight excluding hydrogens is 611 g/mol. The summed E-state index contributed by atoms with van der Waals surface area (Å²) in [6, 6.07) is 40.0. The van der Waals surface area contributed by atoms with Crippen LogP contribution in [0.5, 0.6) is 11.5 Å². The van der Waals surface area contributed by atoms with Gasteiger partial charge in [0.05, 0.1) is 20.0 Å². The third-order valence-corrected chi connectivity index (χ3v) is 8.01. The van der Waals surface area contributed by atoms with Gasteiger partial charge < -0.3 is 20.1 Å². The van der Waals surface area contributed by atoms with E-state index in [2.05, 4.69) is 10.6 Å². The fraction of sp³-hybridized carbons (Fsp3) is 0.0789. The Kier molecular flexibility index (Phi) is 11.1. The van der Waals surface area contributed by atoms with Crippen LogP contribution >= 0.6 is 11.8 Å². The highest BCUT2D eigenvalue weighted by Gasteiger charge is 2.19. The van der Waals surface area contributed by atoms with Crippen molar-refractivity contribution in [3.63, 3.8) is 0 Å². The van der Waals surface area contributed by atoms with Gasteiger partial charge in [0.25, 0.3) is 11.8 Å². The molecular formula is C38H33N3O5S. The molecule has 5 aromatic rings. The monoisotopic (exact) mass is 643 g/mol. The average Bonchev–Trinajstić information content (AvgIpc) is 3.12. The molecule has 0 aromatic heterocycles. The third-order valence-electron chi connectivity index (χ3n) is 7.02. The predicted molar refractivity (Wildman–Crippen MR) is 187 cm³/mol. The Morgan fingerprint density at radius 2 is 1.32 bits per heavy atom. The lowest BCUT2D eigenvalue weighted by Crippen LogP contribution is -2.30. The molecule has 5 rings (SSSR count). The van der Waals surface area contributed by atoms with Crippen molar-refractivity contribution < 1.29 is 23.9 Å². The molecule has 5 aromatic carbocycles. The predicted octanol–water partition coefficient (Wildman–Crippen LogP) is 7.57. The van der Waals surface area contributed by atoms with E-state index in [9.17, 15) is 14.4 Å². The summed E-state index contributed by atoms with van der Waals surface area (Å²) in [7, 11) is 3.07. The van der Waals surface area contributed by atoms with Gasteiger partial charge in [0, 0.05) is 33.1 Å². The summed E-state index contributed by atoms with van der Waals surface area (Å²) in [5, 5.41) is 5.60. The number of thioether (sulfide) groups is 1. The van der Waals surface area contributed by atoms with E-state index < -0.39 is 11.8 Å². The summed E-state index contributed by atoms with van der Waals surface area (Å²) in [6.45, 7) is 0. The molecule has 3 amide bonds. The Hall–Kier alpha value is -5.80. The smallest absolute Gasteiger partial charge is 0.272 e. The molecule has 0 aliphatic rings. The average molecular weight is 644 g/mol. The first-order chi connectivity index (χ1) is 22.9. The summed E-state index contributed by atoms with van der Waals surface area (Å²) < 4.78 is 10.8. The van der Waals surface area contributed by atoms with Crippen LogP contribution in [0.2, 0.25) is 0 Å². The zero-order valence-electron chi connectivity index (χ0n) is 25.9. The molecule has 0 fully saturated rings. The summed E-state index contributed by atoms with van der Waals surface area (Å²) in [4.78, 5) is 42.6. The molecule has 2 N–H and O–H groups in total. The second kappa shape index (κ2) is 16.0. The van der Waals surface area contributed by atoms with Crippen LogP contribution in [0.3, 0.4) is 0 Å². The van der Waals surface area contributed by atoms with Crippen molar-refractivity contribution in [2.45, 2.75) is 4.90 Å². The number of amides is 3. The van der Waals surface area contributed by atoms with Crippen LogP contribution in [0, 0.1) is 0 Å². The molecule has 0 aliphatic heterocycles. The first-order valence-electron chi connectivity index (χ1n) is 14.7. The Balaban J connectivity index is 1.31. The Morgan fingerprint density at radius 1 is 0.723 bits per heavy atom. The van der Waals surface area contributed by atoms with Crippen LogP contribution in [-0.4, -0.2) is 37.7 Å². The van der Waals surface area contributed by atoms with E-state index in [1.54, 1.807) is 72.7 Å². The van der Waals surface area contributed by atoms with Crippen molar-refractivity contribution in [3.8, 4) is 11.5 Å². The molecule has 9 heteroatoms. The van der Waals surface area contributed by atoms with Crippen molar-refractivity contribution in [2.24, 2.45) is 0 Å².